The first-order valence-electron chi connectivity index (χ1n) is 8.70. The number of imidazole rings is 1. The van der Waals surface area contributed by atoms with Crippen molar-refractivity contribution in [2.24, 2.45) is 0 Å². The molecule has 1 aromatic heterocycles. The van der Waals surface area contributed by atoms with Crippen molar-refractivity contribution in [3.8, 4) is 5.69 Å². The van der Waals surface area contributed by atoms with Crippen LogP contribution in [0.4, 0.5) is 23.2 Å². The third-order valence-electron chi connectivity index (χ3n) is 4.23. The number of hydrogen-bond acceptors (Lipinski definition) is 3. The lowest BCUT2D eigenvalue weighted by molar-refractivity contribution is -0.137. The van der Waals surface area contributed by atoms with Gasteiger partial charge in [-0.1, -0.05) is 12.1 Å². The van der Waals surface area contributed by atoms with Crippen LogP contribution in [0.5, 0.6) is 0 Å². The van der Waals surface area contributed by atoms with Crippen LogP contribution in [0.2, 0.25) is 0 Å². The Hall–Kier alpha value is -3.36. The van der Waals surface area contributed by atoms with Crippen LogP contribution in [0.1, 0.15) is 17.0 Å². The molecule has 2 N–H and O–H groups in total. The van der Waals surface area contributed by atoms with Crippen molar-refractivity contribution >= 4 is 11.6 Å². The van der Waals surface area contributed by atoms with E-state index in [1.807, 2.05) is 0 Å². The van der Waals surface area contributed by atoms with E-state index in [2.05, 4.69) is 15.6 Å². The second-order valence-corrected chi connectivity index (χ2v) is 6.34. The molecular formula is C20H18F4N4O. The largest absolute Gasteiger partial charge is 0.416 e. The van der Waals surface area contributed by atoms with Gasteiger partial charge in [0.05, 0.1) is 17.8 Å². The molecule has 0 aliphatic heterocycles. The summed E-state index contributed by atoms with van der Waals surface area (Å²) in [5.74, 6) is -0.247. The SMILES string of the molecule is Cc1nccn1-c1ccc(CNC(=O)CNc2cccc(C(F)(F)F)c2)cc1F. The molecule has 3 aromatic rings. The van der Waals surface area contributed by atoms with Crippen LogP contribution in [-0.4, -0.2) is 22.0 Å². The number of nitrogens with one attached hydrogen (secondary N) is 2. The number of amides is 1. The predicted molar refractivity (Wildman–Crippen MR) is 100 cm³/mol. The number of halogens is 4. The molecule has 0 bridgehead atoms. The normalized spacial score (nSPS) is 11.3. The van der Waals surface area contributed by atoms with Crippen molar-refractivity contribution in [3.63, 3.8) is 0 Å². The van der Waals surface area contributed by atoms with Crippen LogP contribution < -0.4 is 10.6 Å². The fraction of sp³-hybridized carbons (Fsp3) is 0.200. The number of aryl methyl sites for hydroxylation is 1. The van der Waals surface area contributed by atoms with E-state index in [0.717, 1.165) is 12.1 Å². The first kappa shape index (κ1) is 20.4. The number of carbonyl (C=O) groups excluding carboxylic acids is 1. The topological polar surface area (TPSA) is 59.0 Å². The number of hydrogen-bond donors (Lipinski definition) is 2. The molecule has 0 radical (unpaired) electrons. The maximum Gasteiger partial charge on any atom is 0.416 e. The Morgan fingerprint density at radius 2 is 1.97 bits per heavy atom. The van der Waals surface area contributed by atoms with E-state index in [0.29, 0.717) is 17.1 Å². The van der Waals surface area contributed by atoms with Gasteiger partial charge in [-0.2, -0.15) is 13.2 Å². The number of rotatable bonds is 6. The number of carbonyl (C=O) groups is 1. The highest BCUT2D eigenvalue weighted by molar-refractivity contribution is 5.80. The zero-order valence-corrected chi connectivity index (χ0v) is 15.4. The molecule has 0 spiro atoms. The fourth-order valence-electron chi connectivity index (χ4n) is 2.74. The van der Waals surface area contributed by atoms with Crippen LogP contribution in [-0.2, 0) is 17.5 Å². The van der Waals surface area contributed by atoms with Gasteiger partial charge in [0.25, 0.3) is 0 Å². The molecular weight excluding hydrogens is 388 g/mol. The summed E-state index contributed by atoms with van der Waals surface area (Å²) in [5, 5.41) is 5.24. The second-order valence-electron chi connectivity index (χ2n) is 6.34. The Bertz CT molecular complexity index is 1010. The lowest BCUT2D eigenvalue weighted by Gasteiger charge is -2.12. The zero-order valence-electron chi connectivity index (χ0n) is 15.4. The van der Waals surface area contributed by atoms with E-state index in [-0.39, 0.29) is 18.8 Å². The molecule has 152 valence electrons. The van der Waals surface area contributed by atoms with Gasteiger partial charge in [-0.05, 0) is 42.8 Å². The summed E-state index contributed by atoms with van der Waals surface area (Å²) >= 11 is 0. The molecule has 1 heterocycles. The molecule has 29 heavy (non-hydrogen) atoms. The monoisotopic (exact) mass is 406 g/mol. The van der Waals surface area contributed by atoms with Crippen LogP contribution >= 0.6 is 0 Å². The highest BCUT2D eigenvalue weighted by Gasteiger charge is 2.30. The number of anilines is 1. The predicted octanol–water partition coefficient (Wildman–Crippen LogP) is 4.07. The van der Waals surface area contributed by atoms with Gasteiger partial charge in [-0.15, -0.1) is 0 Å². The van der Waals surface area contributed by atoms with Crippen molar-refractivity contribution in [2.75, 3.05) is 11.9 Å². The number of alkyl halides is 3. The quantitative estimate of drug-likeness (QED) is 0.607. The van der Waals surface area contributed by atoms with Crippen LogP contribution in [0.15, 0.2) is 54.9 Å². The van der Waals surface area contributed by atoms with Crippen molar-refractivity contribution in [3.05, 3.63) is 77.6 Å². The Kier molecular flexibility index (Phi) is 5.86. The summed E-state index contributed by atoms with van der Waals surface area (Å²) in [6.45, 7) is 1.63. The van der Waals surface area contributed by atoms with E-state index in [9.17, 15) is 22.4 Å². The highest BCUT2D eigenvalue weighted by Crippen LogP contribution is 2.30. The van der Waals surface area contributed by atoms with Gasteiger partial charge in [-0.3, -0.25) is 4.79 Å². The summed E-state index contributed by atoms with van der Waals surface area (Å²) in [6, 6.07) is 9.17. The van der Waals surface area contributed by atoms with Gasteiger partial charge in [0.15, 0.2) is 0 Å². The summed E-state index contributed by atoms with van der Waals surface area (Å²) in [7, 11) is 0. The summed E-state index contributed by atoms with van der Waals surface area (Å²) in [6.07, 6.45) is -1.24. The summed E-state index contributed by atoms with van der Waals surface area (Å²) in [4.78, 5) is 16.0. The van der Waals surface area contributed by atoms with Crippen molar-refractivity contribution in [1.29, 1.82) is 0 Å². The minimum atomic E-state index is -4.45. The van der Waals surface area contributed by atoms with E-state index in [4.69, 9.17) is 0 Å². The number of nitrogens with zero attached hydrogens (tertiary/aromatic N) is 2. The fourth-order valence-corrected chi connectivity index (χ4v) is 2.74. The molecule has 0 aliphatic carbocycles. The average Bonchev–Trinajstić information content (AvgIpc) is 3.10. The second kappa shape index (κ2) is 8.34. The molecule has 0 saturated heterocycles. The molecule has 0 aliphatic rings. The standard InChI is InChI=1S/C20H18F4N4O/c1-13-25-7-8-28(13)18-6-5-14(9-17(18)21)11-27-19(29)12-26-16-4-2-3-15(10-16)20(22,23)24/h2-10,26H,11-12H2,1H3,(H,27,29). The highest BCUT2D eigenvalue weighted by atomic mass is 19.4. The third kappa shape index (κ3) is 5.13. The van der Waals surface area contributed by atoms with Crippen molar-refractivity contribution in [1.82, 2.24) is 14.9 Å². The molecule has 2 aromatic carbocycles. The smallest absolute Gasteiger partial charge is 0.376 e. The zero-order chi connectivity index (χ0) is 21.0. The number of aromatic nitrogens is 2. The Morgan fingerprint density at radius 1 is 1.17 bits per heavy atom. The van der Waals surface area contributed by atoms with E-state index >= 15 is 0 Å². The Morgan fingerprint density at radius 3 is 2.62 bits per heavy atom. The van der Waals surface area contributed by atoms with Gasteiger partial charge in [-0.25, -0.2) is 9.37 Å². The van der Waals surface area contributed by atoms with Crippen molar-refractivity contribution < 1.29 is 22.4 Å². The van der Waals surface area contributed by atoms with E-state index in [1.165, 1.54) is 18.2 Å². The lowest BCUT2D eigenvalue weighted by atomic mass is 10.2. The van der Waals surface area contributed by atoms with Gasteiger partial charge < -0.3 is 15.2 Å². The molecule has 0 saturated carbocycles. The molecule has 0 fully saturated rings. The van der Waals surface area contributed by atoms with Gasteiger partial charge in [0, 0.05) is 24.6 Å². The molecule has 5 nitrogen and oxygen atoms in total. The Balaban J connectivity index is 1.55. The first-order chi connectivity index (χ1) is 13.7. The minimum Gasteiger partial charge on any atom is -0.376 e. The Labute approximate surface area is 164 Å². The van der Waals surface area contributed by atoms with Crippen LogP contribution in [0.3, 0.4) is 0 Å². The molecule has 3 rings (SSSR count). The van der Waals surface area contributed by atoms with Crippen LogP contribution in [0.25, 0.3) is 5.69 Å². The van der Waals surface area contributed by atoms with E-state index < -0.39 is 23.5 Å². The van der Waals surface area contributed by atoms with Crippen LogP contribution in [0, 0.1) is 12.7 Å². The van der Waals surface area contributed by atoms with Gasteiger partial charge in [0.2, 0.25) is 5.91 Å². The maximum absolute atomic E-state index is 14.4. The lowest BCUT2D eigenvalue weighted by Crippen LogP contribution is -2.29. The van der Waals surface area contributed by atoms with Gasteiger partial charge >= 0.3 is 6.18 Å². The average molecular weight is 406 g/mol. The van der Waals surface area contributed by atoms with Gasteiger partial charge in [0.1, 0.15) is 11.6 Å². The summed E-state index contributed by atoms with van der Waals surface area (Å²) < 4.78 is 54.1. The molecule has 0 atom stereocenters. The molecule has 1 amide bonds. The third-order valence-corrected chi connectivity index (χ3v) is 4.23. The van der Waals surface area contributed by atoms with E-state index in [1.54, 1.807) is 36.0 Å². The summed E-state index contributed by atoms with van der Waals surface area (Å²) in [5.41, 5.74) is 0.283. The maximum atomic E-state index is 14.4. The first-order valence-corrected chi connectivity index (χ1v) is 8.70. The molecule has 0 unspecified atom stereocenters. The molecule has 9 heteroatoms. The minimum absolute atomic E-state index is 0.0865. The van der Waals surface area contributed by atoms with Crippen molar-refractivity contribution in [2.45, 2.75) is 19.6 Å². The number of benzene rings is 2.